The van der Waals surface area contributed by atoms with Gasteiger partial charge in [-0.05, 0) is 35.7 Å². The molecule has 0 radical (unpaired) electrons. The minimum Gasteiger partial charge on any atom is -0.495 e. The molecule has 1 unspecified atom stereocenters. The summed E-state index contributed by atoms with van der Waals surface area (Å²) in [6.07, 6.45) is -2.88. The third kappa shape index (κ3) is 5.16. The van der Waals surface area contributed by atoms with Gasteiger partial charge in [0.1, 0.15) is 11.5 Å². The molecule has 10 heteroatoms. The molecular formula is C27H21ClF3N3O3. The number of methoxy groups -OCH3 is 1. The highest BCUT2D eigenvalue weighted by atomic mass is 35.5. The first-order valence-electron chi connectivity index (χ1n) is 11.3. The van der Waals surface area contributed by atoms with Crippen molar-refractivity contribution in [3.05, 3.63) is 86.3 Å². The van der Waals surface area contributed by atoms with E-state index >= 15 is 0 Å². The Bertz CT molecular complexity index is 1520. The zero-order valence-corrected chi connectivity index (χ0v) is 20.7. The summed E-state index contributed by atoms with van der Waals surface area (Å²) in [7, 11) is 1.41. The number of ether oxygens (including phenoxy) is 1. The minimum absolute atomic E-state index is 0.0186. The van der Waals surface area contributed by atoms with Crippen LogP contribution in [0.25, 0.3) is 11.1 Å². The summed E-state index contributed by atoms with van der Waals surface area (Å²) in [5.74, 6) is -0.00578. The SMILES string of the molecule is CCC(C(=O)Cc1ccc2c(c1)CN=C2C(F)(F)F)n1cc(OC)c(-c2cc(Cl)ccc2C#N)cc1=O. The summed E-state index contributed by atoms with van der Waals surface area (Å²) < 4.78 is 46.2. The fraction of sp³-hybridized carbons (Fsp3) is 0.259. The van der Waals surface area contributed by atoms with Gasteiger partial charge in [0, 0.05) is 34.2 Å². The van der Waals surface area contributed by atoms with E-state index in [1.165, 1.54) is 36.1 Å². The number of hydrogen-bond acceptors (Lipinski definition) is 5. The second-order valence-corrected chi connectivity index (χ2v) is 8.96. The Morgan fingerprint density at radius 3 is 2.59 bits per heavy atom. The van der Waals surface area contributed by atoms with Crippen molar-refractivity contribution in [2.45, 2.75) is 38.5 Å². The number of fused-ring (bicyclic) bond motifs is 1. The summed E-state index contributed by atoms with van der Waals surface area (Å²) in [4.78, 5) is 30.0. The number of benzene rings is 2. The van der Waals surface area contributed by atoms with Crippen LogP contribution in [-0.2, 0) is 17.8 Å². The van der Waals surface area contributed by atoms with Crippen LogP contribution >= 0.6 is 11.6 Å². The molecule has 4 rings (SSSR count). The van der Waals surface area contributed by atoms with E-state index in [0.717, 1.165) is 0 Å². The summed E-state index contributed by atoms with van der Waals surface area (Å²) in [6, 6.07) is 11.6. The molecule has 1 atom stereocenters. The van der Waals surface area contributed by atoms with Crippen LogP contribution < -0.4 is 10.3 Å². The molecule has 6 nitrogen and oxygen atoms in total. The average Bonchev–Trinajstić information content (AvgIpc) is 3.29. The van der Waals surface area contributed by atoms with Crippen LogP contribution in [0.1, 0.15) is 41.6 Å². The summed E-state index contributed by atoms with van der Waals surface area (Å²) in [5, 5.41) is 9.86. The smallest absolute Gasteiger partial charge is 0.433 e. The quantitative estimate of drug-likeness (QED) is 0.396. The molecule has 1 aliphatic rings. The molecule has 0 fully saturated rings. The van der Waals surface area contributed by atoms with Gasteiger partial charge in [-0.15, -0.1) is 0 Å². The standard InChI is InChI=1S/C27H21ClF3N3O3/c1-3-22(23(35)9-15-4-7-19-17(8-15)13-33-26(19)27(29,30)31)34-14-24(37-2)21(11-25(34)36)20-10-18(28)6-5-16(20)12-32/h4-8,10-11,14,22H,3,9,13H2,1-2H3. The monoisotopic (exact) mass is 527 g/mol. The fourth-order valence-corrected chi connectivity index (χ4v) is 4.66. The van der Waals surface area contributed by atoms with E-state index in [0.29, 0.717) is 39.3 Å². The predicted molar refractivity (Wildman–Crippen MR) is 133 cm³/mol. The number of carbonyl (C=O) groups is 1. The Morgan fingerprint density at radius 2 is 1.95 bits per heavy atom. The van der Waals surface area contributed by atoms with Crippen molar-refractivity contribution in [1.29, 1.82) is 5.26 Å². The van der Waals surface area contributed by atoms with Crippen LogP contribution in [0.4, 0.5) is 13.2 Å². The molecule has 2 aromatic carbocycles. The zero-order valence-electron chi connectivity index (χ0n) is 19.9. The second kappa shape index (κ2) is 10.2. The number of Topliss-reactive ketones (excluding diaryl/α,β-unsaturated/α-hetero) is 1. The normalized spacial score (nSPS) is 13.5. The first-order chi connectivity index (χ1) is 17.6. The number of pyridine rings is 1. The average molecular weight is 528 g/mol. The van der Waals surface area contributed by atoms with E-state index in [1.807, 2.05) is 0 Å². The van der Waals surface area contributed by atoms with Crippen molar-refractivity contribution in [3.63, 3.8) is 0 Å². The second-order valence-electron chi connectivity index (χ2n) is 8.52. The molecule has 0 bridgehead atoms. The molecular weight excluding hydrogens is 507 g/mol. The number of ketones is 1. The van der Waals surface area contributed by atoms with E-state index in [2.05, 4.69) is 11.1 Å². The van der Waals surface area contributed by atoms with E-state index < -0.39 is 23.5 Å². The Morgan fingerprint density at radius 1 is 1.19 bits per heavy atom. The van der Waals surface area contributed by atoms with Crippen molar-refractivity contribution < 1.29 is 22.7 Å². The maximum absolute atomic E-state index is 13.3. The maximum atomic E-state index is 13.3. The topological polar surface area (TPSA) is 84.4 Å². The van der Waals surface area contributed by atoms with E-state index in [9.17, 15) is 28.0 Å². The number of carbonyl (C=O) groups excluding carboxylic acids is 1. The lowest BCUT2D eigenvalue weighted by Gasteiger charge is -2.20. The molecule has 1 aromatic heterocycles. The lowest BCUT2D eigenvalue weighted by Crippen LogP contribution is -2.30. The maximum Gasteiger partial charge on any atom is 0.433 e. The number of aromatic nitrogens is 1. The minimum atomic E-state index is -4.54. The zero-order chi connectivity index (χ0) is 26.9. The van der Waals surface area contributed by atoms with Crippen LogP contribution in [0, 0.1) is 11.3 Å². The molecule has 0 N–H and O–H groups in total. The molecule has 0 saturated carbocycles. The number of hydrogen-bond donors (Lipinski definition) is 0. The lowest BCUT2D eigenvalue weighted by molar-refractivity contribution is -0.121. The number of rotatable bonds is 7. The van der Waals surface area contributed by atoms with Gasteiger partial charge < -0.3 is 9.30 Å². The largest absolute Gasteiger partial charge is 0.495 e. The molecule has 190 valence electrons. The van der Waals surface area contributed by atoms with Crippen LogP contribution in [0.15, 0.2) is 58.4 Å². The Hall–Kier alpha value is -3.90. The van der Waals surface area contributed by atoms with Crippen LogP contribution in [-0.4, -0.2) is 29.3 Å². The summed E-state index contributed by atoms with van der Waals surface area (Å²) >= 11 is 6.11. The van der Waals surface area contributed by atoms with Crippen molar-refractivity contribution in [2.24, 2.45) is 4.99 Å². The van der Waals surface area contributed by atoms with Crippen molar-refractivity contribution in [3.8, 4) is 22.9 Å². The van der Waals surface area contributed by atoms with Gasteiger partial charge in [-0.3, -0.25) is 14.6 Å². The van der Waals surface area contributed by atoms with Gasteiger partial charge in [-0.25, -0.2) is 0 Å². The van der Waals surface area contributed by atoms with Crippen molar-refractivity contribution >= 4 is 23.1 Å². The Labute approximate surface area is 215 Å². The van der Waals surface area contributed by atoms with Crippen LogP contribution in [0.2, 0.25) is 5.02 Å². The van der Waals surface area contributed by atoms with Gasteiger partial charge in [-0.1, -0.05) is 36.7 Å². The third-order valence-corrected chi connectivity index (χ3v) is 6.46. The van der Waals surface area contributed by atoms with Gasteiger partial charge in [0.25, 0.3) is 5.56 Å². The van der Waals surface area contributed by atoms with Crippen LogP contribution in [0.3, 0.4) is 0 Å². The summed E-state index contributed by atoms with van der Waals surface area (Å²) in [5.41, 5.74) is 0.668. The number of aliphatic imine (C=N–C) groups is 1. The van der Waals surface area contributed by atoms with Gasteiger partial charge in [-0.2, -0.15) is 18.4 Å². The van der Waals surface area contributed by atoms with E-state index in [-0.39, 0.29) is 30.1 Å². The first-order valence-corrected chi connectivity index (χ1v) is 11.7. The Balaban J connectivity index is 1.65. The predicted octanol–water partition coefficient (Wildman–Crippen LogP) is 5.68. The number of nitrogens with zero attached hydrogens (tertiary/aromatic N) is 3. The molecule has 0 amide bonds. The third-order valence-electron chi connectivity index (χ3n) is 6.23. The molecule has 0 aliphatic carbocycles. The molecule has 3 aromatic rings. The van der Waals surface area contributed by atoms with E-state index in [1.54, 1.807) is 31.2 Å². The highest BCUT2D eigenvalue weighted by Crippen LogP contribution is 2.34. The molecule has 37 heavy (non-hydrogen) atoms. The lowest BCUT2D eigenvalue weighted by atomic mass is 9.96. The number of alkyl halides is 3. The molecule has 0 saturated heterocycles. The molecule has 2 heterocycles. The molecule has 0 spiro atoms. The van der Waals surface area contributed by atoms with Crippen molar-refractivity contribution in [1.82, 2.24) is 4.57 Å². The Kier molecular flexibility index (Phi) is 7.23. The van der Waals surface area contributed by atoms with Crippen LogP contribution in [0.5, 0.6) is 5.75 Å². The molecule has 1 aliphatic heterocycles. The van der Waals surface area contributed by atoms with Gasteiger partial charge in [0.05, 0.1) is 37.5 Å². The van der Waals surface area contributed by atoms with Gasteiger partial charge in [0.15, 0.2) is 5.78 Å². The highest BCUT2D eigenvalue weighted by Gasteiger charge is 2.39. The van der Waals surface area contributed by atoms with Crippen molar-refractivity contribution in [2.75, 3.05) is 7.11 Å². The summed E-state index contributed by atoms with van der Waals surface area (Å²) in [6.45, 7) is 1.65. The van der Waals surface area contributed by atoms with E-state index in [4.69, 9.17) is 16.3 Å². The number of nitriles is 1. The van der Waals surface area contributed by atoms with Gasteiger partial charge in [0.2, 0.25) is 0 Å². The highest BCUT2D eigenvalue weighted by molar-refractivity contribution is 6.31. The number of halogens is 4. The van der Waals surface area contributed by atoms with Gasteiger partial charge >= 0.3 is 6.18 Å². The first kappa shape index (κ1) is 26.2. The fourth-order valence-electron chi connectivity index (χ4n) is 4.49.